The van der Waals surface area contributed by atoms with Gasteiger partial charge in [-0.2, -0.15) is 0 Å². The maximum atomic E-state index is 13.9. The summed E-state index contributed by atoms with van der Waals surface area (Å²) in [5.41, 5.74) is 9.94. The number of nitrogens with zero attached hydrogens (tertiary/aromatic N) is 1. The van der Waals surface area contributed by atoms with E-state index in [0.29, 0.717) is 48.2 Å². The lowest BCUT2D eigenvalue weighted by Gasteiger charge is -2.72. The summed E-state index contributed by atoms with van der Waals surface area (Å²) in [5.74, 6) is 0.389. The first-order chi connectivity index (χ1) is 23.4. The second kappa shape index (κ2) is 12.8. The number of aromatic carboxylic acids is 1. The van der Waals surface area contributed by atoms with E-state index < -0.39 is 11.9 Å². The van der Waals surface area contributed by atoms with Crippen molar-refractivity contribution in [3.63, 3.8) is 0 Å². The van der Waals surface area contributed by atoms with Crippen molar-refractivity contribution in [3.05, 3.63) is 53.6 Å². The molecule has 4 fully saturated rings. The summed E-state index contributed by atoms with van der Waals surface area (Å²) in [6.45, 7) is 20.1. The molecule has 0 spiro atoms. The highest BCUT2D eigenvalue weighted by molar-refractivity contribution is 5.88. The number of nitrogens with one attached hydrogen (secondary N) is 1. The van der Waals surface area contributed by atoms with Crippen LogP contribution in [0.3, 0.4) is 0 Å². The first-order valence-corrected chi connectivity index (χ1v) is 19.1. The number of hydrogen-bond donors (Lipinski definition) is 4. The van der Waals surface area contributed by atoms with Crippen LogP contribution in [0.15, 0.2) is 42.5 Å². The van der Waals surface area contributed by atoms with Crippen LogP contribution in [0.4, 0.5) is 4.79 Å². The van der Waals surface area contributed by atoms with Crippen LogP contribution in [0.5, 0.6) is 0 Å². The molecule has 1 aromatic rings. The molecule has 8 heteroatoms. The zero-order valence-corrected chi connectivity index (χ0v) is 31.3. The highest BCUT2D eigenvalue weighted by Crippen LogP contribution is 2.76. The number of amides is 2. The van der Waals surface area contributed by atoms with Crippen molar-refractivity contribution < 1.29 is 24.6 Å². The Balaban J connectivity index is 1.31. The van der Waals surface area contributed by atoms with Crippen molar-refractivity contribution in [3.8, 4) is 0 Å². The normalized spacial score (nSPS) is 38.4. The Hall–Kier alpha value is -3.13. The van der Waals surface area contributed by atoms with E-state index in [1.54, 1.807) is 17.0 Å². The van der Waals surface area contributed by atoms with Gasteiger partial charge in [0.05, 0.1) is 12.0 Å². The van der Waals surface area contributed by atoms with Gasteiger partial charge in [0.1, 0.15) is 0 Å². The third kappa shape index (κ3) is 5.54. The van der Waals surface area contributed by atoms with Crippen LogP contribution in [0.2, 0.25) is 0 Å². The van der Waals surface area contributed by atoms with Gasteiger partial charge in [0.2, 0.25) is 0 Å². The minimum atomic E-state index is -0.914. The molecule has 0 saturated heterocycles. The molecule has 50 heavy (non-hydrogen) atoms. The van der Waals surface area contributed by atoms with E-state index in [9.17, 15) is 24.6 Å². The highest BCUT2D eigenvalue weighted by Gasteiger charge is 2.70. The number of aliphatic carboxylic acids is 1. The van der Waals surface area contributed by atoms with Crippen molar-refractivity contribution in [1.29, 1.82) is 0 Å². The van der Waals surface area contributed by atoms with Gasteiger partial charge < -0.3 is 26.2 Å². The topological polar surface area (TPSA) is 133 Å². The smallest absolute Gasteiger partial charge is 0.335 e. The molecule has 6 rings (SSSR count). The van der Waals surface area contributed by atoms with Gasteiger partial charge in [-0.1, -0.05) is 65.0 Å². The number of carbonyl (C=O) groups is 3. The molecule has 4 saturated carbocycles. The Kier molecular flexibility index (Phi) is 9.40. The summed E-state index contributed by atoms with van der Waals surface area (Å²) in [6.07, 6.45) is 12.0. The number of allylic oxidation sites excluding steroid dienone is 3. The number of rotatable bonds is 9. The number of fused-ring (bicyclic) bond motifs is 7. The van der Waals surface area contributed by atoms with E-state index in [2.05, 4.69) is 59.5 Å². The number of urea groups is 1. The van der Waals surface area contributed by atoms with Crippen LogP contribution in [0.25, 0.3) is 5.57 Å². The highest BCUT2D eigenvalue weighted by atomic mass is 16.4. The minimum Gasteiger partial charge on any atom is -0.481 e. The number of nitrogens with two attached hydrogens (primary N) is 1. The number of hydrogen-bond acceptors (Lipinski definition) is 4. The van der Waals surface area contributed by atoms with E-state index in [1.165, 1.54) is 24.0 Å². The minimum absolute atomic E-state index is 0.0463. The number of benzene rings is 1. The molecule has 0 heterocycles. The number of carboxylic acids is 2. The number of carbonyl (C=O) groups excluding carboxylic acids is 1. The monoisotopic (exact) mass is 687 g/mol. The summed E-state index contributed by atoms with van der Waals surface area (Å²) in [6, 6.07) is 7.28. The van der Waals surface area contributed by atoms with E-state index in [1.807, 2.05) is 12.1 Å². The van der Waals surface area contributed by atoms with E-state index in [4.69, 9.17) is 5.73 Å². The fraction of sp³-hybridized carbons (Fsp3) is 0.690. The molecule has 9 atom stereocenters. The average molecular weight is 688 g/mol. The molecule has 0 unspecified atom stereocenters. The molecule has 274 valence electrons. The summed E-state index contributed by atoms with van der Waals surface area (Å²) in [5, 5.41) is 22.4. The standard InChI is InChI=1S/C42H61N3O5/c1-26(2)29-14-20-42(44-37(50)45(25-23-43)24-17-34(46)47)22-21-40(6)31(35(29)42)12-13-33-39(5)18-15-30(27-8-10-28(11-9-27)36(48)49)38(3,4)32(39)16-19-41(33,40)7/h8-11,15,29,31-33,35H,1,12-14,16-25,43H2,2-7H3,(H,44,50)(H,46,47)(H,48,49)/t29-,31+,32-,33+,35+,39-,40+,41+,42-/m0/s1. The van der Waals surface area contributed by atoms with Gasteiger partial charge in [-0.15, -0.1) is 0 Å². The van der Waals surface area contributed by atoms with Gasteiger partial charge in [0.25, 0.3) is 0 Å². The lowest BCUT2D eigenvalue weighted by atomic mass is 9.33. The van der Waals surface area contributed by atoms with Crippen LogP contribution in [0, 0.1) is 51.2 Å². The van der Waals surface area contributed by atoms with Gasteiger partial charge in [-0.05, 0) is 139 Å². The summed E-state index contributed by atoms with van der Waals surface area (Å²) in [7, 11) is 0. The maximum absolute atomic E-state index is 13.9. The molecule has 0 aromatic heterocycles. The lowest BCUT2D eigenvalue weighted by molar-refractivity contribution is -0.218. The first-order valence-electron chi connectivity index (χ1n) is 19.1. The van der Waals surface area contributed by atoms with E-state index in [-0.39, 0.29) is 46.2 Å². The van der Waals surface area contributed by atoms with Gasteiger partial charge in [-0.25, -0.2) is 9.59 Å². The van der Waals surface area contributed by atoms with Crippen molar-refractivity contribution in [2.24, 2.45) is 57.0 Å². The second-order valence-corrected chi connectivity index (χ2v) is 18.1. The van der Waals surface area contributed by atoms with Gasteiger partial charge in [0.15, 0.2) is 0 Å². The maximum Gasteiger partial charge on any atom is 0.335 e. The van der Waals surface area contributed by atoms with Crippen LogP contribution in [-0.2, 0) is 4.79 Å². The third-order valence-electron chi connectivity index (χ3n) is 15.7. The zero-order chi connectivity index (χ0) is 36.4. The molecule has 0 radical (unpaired) electrons. The molecule has 8 nitrogen and oxygen atoms in total. The number of carboxylic acid groups (broad SMARTS) is 2. The Bertz CT molecular complexity index is 1570. The molecule has 2 amide bonds. The average Bonchev–Trinajstić information content (AvgIpc) is 3.42. The predicted molar refractivity (Wildman–Crippen MR) is 197 cm³/mol. The largest absolute Gasteiger partial charge is 0.481 e. The molecule has 5 N–H and O–H groups in total. The molecular formula is C42H61N3O5. The fourth-order valence-electron chi connectivity index (χ4n) is 13.2. The predicted octanol–water partition coefficient (Wildman–Crippen LogP) is 8.23. The van der Waals surface area contributed by atoms with Gasteiger partial charge in [-0.3, -0.25) is 4.79 Å². The van der Waals surface area contributed by atoms with Crippen molar-refractivity contribution in [1.82, 2.24) is 10.2 Å². The molecule has 0 aliphatic heterocycles. The summed E-state index contributed by atoms with van der Waals surface area (Å²) >= 11 is 0. The Morgan fingerprint density at radius 2 is 1.60 bits per heavy atom. The van der Waals surface area contributed by atoms with Crippen LogP contribution in [0.1, 0.15) is 122 Å². The molecule has 1 aromatic carbocycles. The van der Waals surface area contributed by atoms with Crippen molar-refractivity contribution >= 4 is 23.5 Å². The summed E-state index contributed by atoms with van der Waals surface area (Å²) in [4.78, 5) is 38.5. The molecular weight excluding hydrogens is 626 g/mol. The van der Waals surface area contributed by atoms with Crippen LogP contribution < -0.4 is 11.1 Å². The Morgan fingerprint density at radius 1 is 0.900 bits per heavy atom. The van der Waals surface area contributed by atoms with Gasteiger partial charge >= 0.3 is 18.0 Å². The van der Waals surface area contributed by atoms with E-state index >= 15 is 0 Å². The molecule has 0 bridgehead atoms. The fourth-order valence-corrected chi connectivity index (χ4v) is 13.2. The van der Waals surface area contributed by atoms with Gasteiger partial charge in [0, 0.05) is 25.2 Å². The lowest BCUT2D eigenvalue weighted by Crippen LogP contribution is -2.69. The second-order valence-electron chi connectivity index (χ2n) is 18.1. The zero-order valence-electron chi connectivity index (χ0n) is 31.3. The Labute approximate surface area is 299 Å². The van der Waals surface area contributed by atoms with Crippen LogP contribution in [-0.4, -0.2) is 58.3 Å². The van der Waals surface area contributed by atoms with Crippen molar-refractivity contribution in [2.45, 2.75) is 111 Å². The molecule has 5 aliphatic rings. The first kappa shape index (κ1) is 36.7. The SMILES string of the molecule is C=C(C)[C@@H]1CC[C@]2(NC(=O)N(CCN)CCC(=O)O)CC[C@]3(C)[C@H](CC[C@@H]4[C@@]5(C)CC=C(c6ccc(C(=O)O)cc6)C(C)(C)[C@@H]5CC[C@]43C)[C@@H]12. The van der Waals surface area contributed by atoms with E-state index in [0.717, 1.165) is 50.5 Å². The third-order valence-corrected chi connectivity index (χ3v) is 15.7. The summed E-state index contributed by atoms with van der Waals surface area (Å²) < 4.78 is 0. The van der Waals surface area contributed by atoms with Crippen LogP contribution >= 0.6 is 0 Å². The Morgan fingerprint density at radius 3 is 2.22 bits per heavy atom. The quantitative estimate of drug-likeness (QED) is 0.193. The van der Waals surface area contributed by atoms with Crippen molar-refractivity contribution in [2.75, 3.05) is 19.6 Å². The molecule has 5 aliphatic carbocycles.